The SMILES string of the molecule is C=CC(C)[C@@H](NC(=O)[C@@H]1C[C@@H](Oc2ccc3nccc(Cl)c3c2)CN1C(=O)[C@@H](NC(=O)OC(C)(C)C)C(C)(C)C)C(=O)NS(=O)(=O)C1CC1. The largest absolute Gasteiger partial charge is 0.488 e. The summed E-state index contributed by atoms with van der Waals surface area (Å²) in [6, 6.07) is 3.26. The smallest absolute Gasteiger partial charge is 0.408 e. The van der Waals surface area contributed by atoms with Gasteiger partial charge in [-0.05, 0) is 63.3 Å². The van der Waals surface area contributed by atoms with Crippen molar-refractivity contribution in [1.29, 1.82) is 0 Å². The van der Waals surface area contributed by atoms with E-state index in [2.05, 4.69) is 26.9 Å². The van der Waals surface area contributed by atoms with Crippen molar-refractivity contribution in [3.8, 4) is 5.75 Å². The quantitative estimate of drug-likeness (QED) is 0.289. The number of rotatable bonds is 11. The molecule has 0 spiro atoms. The number of nitrogens with one attached hydrogen (secondary N) is 3. The monoisotopic (exact) mass is 719 g/mol. The van der Waals surface area contributed by atoms with Gasteiger partial charge in [0.05, 0.1) is 22.3 Å². The highest BCUT2D eigenvalue weighted by Crippen LogP contribution is 2.31. The van der Waals surface area contributed by atoms with Crippen LogP contribution in [0, 0.1) is 11.3 Å². The summed E-state index contributed by atoms with van der Waals surface area (Å²) in [6.45, 7) is 15.7. The first-order chi connectivity index (χ1) is 22.7. The maximum absolute atomic E-state index is 14.3. The molecule has 1 aromatic carbocycles. The minimum atomic E-state index is -3.90. The van der Waals surface area contributed by atoms with Gasteiger partial charge in [-0.2, -0.15) is 0 Å². The van der Waals surface area contributed by atoms with Crippen LogP contribution in [0.3, 0.4) is 0 Å². The molecule has 2 aromatic rings. The number of halogens is 1. The fraction of sp³-hybridized carbons (Fsp3) is 0.559. The molecule has 2 fully saturated rings. The number of amides is 4. The Balaban J connectivity index is 1.64. The Bertz CT molecular complexity index is 1720. The number of pyridine rings is 1. The van der Waals surface area contributed by atoms with Gasteiger partial charge in [0.25, 0.3) is 5.91 Å². The van der Waals surface area contributed by atoms with Gasteiger partial charge in [0.1, 0.15) is 35.6 Å². The molecular weight excluding hydrogens is 674 g/mol. The first-order valence-corrected chi connectivity index (χ1v) is 18.1. The molecule has 4 rings (SSSR count). The Hall–Kier alpha value is -3.91. The number of carbonyl (C=O) groups excluding carboxylic acids is 4. The lowest BCUT2D eigenvalue weighted by Gasteiger charge is -2.36. The molecule has 15 heteroatoms. The van der Waals surface area contributed by atoms with Crippen LogP contribution < -0.4 is 20.1 Å². The standard InChI is InChI=1S/C34H46ClN5O8S/c1-9-19(2)27(30(42)39-49(45,46)22-11-12-22)37-29(41)26-17-21(47-20-10-13-25-23(16-20)24(35)14-15-36-25)18-40(26)31(43)28(33(3,4)5)38-32(44)48-34(6,7)8/h9-10,13-16,19,21-22,26-28H,1,11-12,17-18H2,2-8H3,(H,37,41)(H,38,44)(H,39,42)/t19?,21-,26+,27-,28-/m1/s1. The van der Waals surface area contributed by atoms with Crippen molar-refractivity contribution in [2.24, 2.45) is 11.3 Å². The first-order valence-electron chi connectivity index (χ1n) is 16.2. The van der Waals surface area contributed by atoms with Crippen molar-refractivity contribution < 1.29 is 37.1 Å². The predicted octanol–water partition coefficient (Wildman–Crippen LogP) is 4.09. The van der Waals surface area contributed by atoms with Crippen molar-refractivity contribution >= 4 is 56.3 Å². The molecule has 5 atom stereocenters. The van der Waals surface area contributed by atoms with E-state index in [1.54, 1.807) is 78.9 Å². The topological polar surface area (TPSA) is 173 Å². The Kier molecular flexibility index (Phi) is 11.2. The fourth-order valence-electron chi connectivity index (χ4n) is 5.46. The van der Waals surface area contributed by atoms with Crippen molar-refractivity contribution in [3.63, 3.8) is 0 Å². The number of ether oxygens (including phenoxy) is 2. The highest BCUT2D eigenvalue weighted by Gasteiger charge is 2.47. The van der Waals surface area contributed by atoms with E-state index in [9.17, 15) is 27.6 Å². The van der Waals surface area contributed by atoms with Gasteiger partial charge in [0, 0.05) is 23.9 Å². The highest BCUT2D eigenvalue weighted by atomic mass is 35.5. The number of aromatic nitrogens is 1. The third kappa shape index (κ3) is 9.62. The lowest BCUT2D eigenvalue weighted by molar-refractivity contribution is -0.142. The lowest BCUT2D eigenvalue weighted by atomic mass is 9.85. The van der Waals surface area contributed by atoms with Gasteiger partial charge in [-0.15, -0.1) is 6.58 Å². The molecule has 2 heterocycles. The minimum Gasteiger partial charge on any atom is -0.488 e. The van der Waals surface area contributed by atoms with Gasteiger partial charge < -0.3 is 25.0 Å². The van der Waals surface area contributed by atoms with E-state index in [1.807, 2.05) is 0 Å². The van der Waals surface area contributed by atoms with E-state index in [0.29, 0.717) is 34.5 Å². The fourth-order valence-corrected chi connectivity index (χ4v) is 7.00. The molecule has 1 aliphatic heterocycles. The Morgan fingerprint density at radius 2 is 1.76 bits per heavy atom. The molecule has 0 bridgehead atoms. The van der Waals surface area contributed by atoms with E-state index in [0.717, 1.165) is 0 Å². The van der Waals surface area contributed by atoms with Crippen LogP contribution in [0.5, 0.6) is 5.75 Å². The molecule has 2 aliphatic rings. The number of benzene rings is 1. The van der Waals surface area contributed by atoms with Crippen LogP contribution in [0.1, 0.15) is 67.7 Å². The van der Waals surface area contributed by atoms with E-state index < -0.39 is 80.3 Å². The zero-order valence-electron chi connectivity index (χ0n) is 28.9. The molecule has 1 saturated carbocycles. The summed E-state index contributed by atoms with van der Waals surface area (Å²) in [5.74, 6) is -2.40. The number of hydrogen-bond donors (Lipinski definition) is 3. The Morgan fingerprint density at radius 1 is 1.08 bits per heavy atom. The van der Waals surface area contributed by atoms with Gasteiger partial charge in [0.15, 0.2) is 0 Å². The third-order valence-corrected chi connectivity index (χ3v) is 10.4. The average molecular weight is 720 g/mol. The molecule has 1 saturated heterocycles. The predicted molar refractivity (Wildman–Crippen MR) is 185 cm³/mol. The van der Waals surface area contributed by atoms with Gasteiger partial charge in [-0.3, -0.25) is 24.1 Å². The highest BCUT2D eigenvalue weighted by molar-refractivity contribution is 7.90. The van der Waals surface area contributed by atoms with Crippen molar-refractivity contribution in [3.05, 3.63) is 48.1 Å². The van der Waals surface area contributed by atoms with Crippen LogP contribution in [0.25, 0.3) is 10.9 Å². The second-order valence-electron chi connectivity index (χ2n) is 14.7. The van der Waals surface area contributed by atoms with E-state index in [1.165, 1.54) is 11.0 Å². The second-order valence-corrected chi connectivity index (χ2v) is 17.1. The molecule has 268 valence electrons. The summed E-state index contributed by atoms with van der Waals surface area (Å²) in [7, 11) is -3.90. The summed E-state index contributed by atoms with van der Waals surface area (Å²) < 4.78 is 38.9. The second kappa shape index (κ2) is 14.5. The van der Waals surface area contributed by atoms with Gasteiger partial charge in [-0.1, -0.05) is 45.4 Å². The third-order valence-electron chi connectivity index (χ3n) is 8.27. The van der Waals surface area contributed by atoms with Crippen LogP contribution >= 0.6 is 11.6 Å². The minimum absolute atomic E-state index is 0.0247. The maximum Gasteiger partial charge on any atom is 0.408 e. The van der Waals surface area contributed by atoms with E-state index in [-0.39, 0.29) is 13.0 Å². The normalized spacial score (nSPS) is 20.1. The van der Waals surface area contributed by atoms with Crippen LogP contribution in [0.2, 0.25) is 5.02 Å². The zero-order valence-corrected chi connectivity index (χ0v) is 30.5. The molecule has 1 aliphatic carbocycles. The molecule has 0 radical (unpaired) electrons. The maximum atomic E-state index is 14.3. The summed E-state index contributed by atoms with van der Waals surface area (Å²) in [4.78, 5) is 60.1. The Morgan fingerprint density at radius 3 is 2.35 bits per heavy atom. The van der Waals surface area contributed by atoms with Crippen molar-refractivity contribution in [2.75, 3.05) is 6.54 Å². The summed E-state index contributed by atoms with van der Waals surface area (Å²) >= 11 is 6.38. The molecule has 13 nitrogen and oxygen atoms in total. The molecule has 49 heavy (non-hydrogen) atoms. The number of alkyl carbamates (subject to hydrolysis) is 1. The number of sulfonamides is 1. The van der Waals surface area contributed by atoms with E-state index >= 15 is 0 Å². The van der Waals surface area contributed by atoms with Crippen molar-refractivity contribution in [2.45, 2.75) is 103 Å². The van der Waals surface area contributed by atoms with Crippen molar-refractivity contribution in [1.82, 2.24) is 25.2 Å². The first kappa shape index (κ1) is 37.9. The number of nitrogens with zero attached hydrogens (tertiary/aromatic N) is 2. The van der Waals surface area contributed by atoms with Crippen LogP contribution in [0.4, 0.5) is 4.79 Å². The van der Waals surface area contributed by atoms with Crippen LogP contribution in [-0.4, -0.2) is 83.7 Å². The van der Waals surface area contributed by atoms with Crippen LogP contribution in [0.15, 0.2) is 43.1 Å². The molecule has 1 unspecified atom stereocenters. The van der Waals surface area contributed by atoms with E-state index in [4.69, 9.17) is 21.1 Å². The summed E-state index contributed by atoms with van der Waals surface area (Å²) in [5.41, 5.74) is -0.980. The molecular formula is C34H46ClN5O8S. The molecule has 4 amide bonds. The number of likely N-dealkylation sites (tertiary alicyclic amines) is 1. The van der Waals surface area contributed by atoms with Crippen LogP contribution in [-0.2, 0) is 29.1 Å². The molecule has 3 N–H and O–H groups in total. The number of hydrogen-bond acceptors (Lipinski definition) is 9. The van der Waals surface area contributed by atoms with Gasteiger partial charge >= 0.3 is 6.09 Å². The lowest BCUT2D eigenvalue weighted by Crippen LogP contribution is -2.60. The molecule has 1 aromatic heterocycles. The van der Waals surface area contributed by atoms with Gasteiger partial charge in [0.2, 0.25) is 21.8 Å². The van der Waals surface area contributed by atoms with Gasteiger partial charge in [-0.25, -0.2) is 13.2 Å². The Labute approximate surface area is 292 Å². The summed E-state index contributed by atoms with van der Waals surface area (Å²) in [6.07, 6.45) is 2.45. The summed E-state index contributed by atoms with van der Waals surface area (Å²) in [5, 5.41) is 5.82. The number of fused-ring (bicyclic) bond motifs is 1. The number of carbonyl (C=O) groups is 4. The zero-order chi connectivity index (χ0) is 36.5. The average Bonchev–Trinajstić information content (AvgIpc) is 3.78.